The molecule has 4 heteroatoms. The number of hydrogen-bond donors (Lipinski definition) is 1. The molecule has 116 valence electrons. The van der Waals surface area contributed by atoms with Crippen molar-refractivity contribution in [1.29, 1.82) is 0 Å². The molecule has 0 aliphatic heterocycles. The molecule has 0 aliphatic carbocycles. The molecule has 3 nitrogen and oxygen atoms in total. The number of nitrogens with one attached hydrogen (secondary N) is 1. The number of ether oxygens (including phenoxy) is 1. The third kappa shape index (κ3) is 4.73. The molecule has 0 aromatic heterocycles. The van der Waals surface area contributed by atoms with Crippen LogP contribution in [0.3, 0.4) is 0 Å². The van der Waals surface area contributed by atoms with E-state index < -0.39 is 0 Å². The second kappa shape index (κ2) is 7.63. The summed E-state index contributed by atoms with van der Waals surface area (Å²) in [6.45, 7) is 6.12. The predicted molar refractivity (Wildman–Crippen MR) is 97.1 cm³/mol. The Balaban J connectivity index is 1.91. The minimum atomic E-state index is -0.119. The highest BCUT2D eigenvalue weighted by Gasteiger charge is 2.12. The van der Waals surface area contributed by atoms with Crippen LogP contribution in [0.2, 0.25) is 0 Å². The van der Waals surface area contributed by atoms with Gasteiger partial charge >= 0.3 is 0 Å². The third-order valence-electron chi connectivity index (χ3n) is 3.46. The highest BCUT2D eigenvalue weighted by Crippen LogP contribution is 2.19. The van der Waals surface area contributed by atoms with Crippen molar-refractivity contribution >= 4 is 28.5 Å². The van der Waals surface area contributed by atoms with Crippen LogP contribution in [0.5, 0.6) is 5.75 Å². The summed E-state index contributed by atoms with van der Waals surface area (Å²) in [5.74, 6) is 0.585. The number of rotatable bonds is 5. The Hall–Kier alpha value is -1.56. The van der Waals surface area contributed by atoms with Crippen molar-refractivity contribution in [3.8, 4) is 5.75 Å². The lowest BCUT2D eigenvalue weighted by molar-refractivity contribution is -0.123. The minimum absolute atomic E-state index is 0.0236. The summed E-state index contributed by atoms with van der Waals surface area (Å²) in [4.78, 5) is 12.0. The maximum absolute atomic E-state index is 12.0. The minimum Gasteiger partial charge on any atom is -0.484 e. The fourth-order valence-electron chi connectivity index (χ4n) is 2.27. The first-order chi connectivity index (χ1) is 10.5. The molecule has 1 amide bonds. The lowest BCUT2D eigenvalue weighted by Gasteiger charge is -2.17. The molecule has 0 unspecified atom stereocenters. The molecule has 0 spiro atoms. The van der Waals surface area contributed by atoms with Crippen molar-refractivity contribution in [3.63, 3.8) is 0 Å². The number of carbonyl (C=O) groups is 1. The van der Waals surface area contributed by atoms with Crippen LogP contribution < -0.4 is 10.1 Å². The fraction of sp³-hybridized carbons (Fsp3) is 0.278. The Morgan fingerprint density at radius 1 is 1.18 bits per heavy atom. The molecule has 0 radical (unpaired) electrons. The number of aryl methyl sites for hydroxylation is 2. The van der Waals surface area contributed by atoms with Gasteiger partial charge in [-0.2, -0.15) is 0 Å². The first-order valence-electron chi connectivity index (χ1n) is 7.20. The van der Waals surface area contributed by atoms with E-state index in [0.29, 0.717) is 5.75 Å². The van der Waals surface area contributed by atoms with Gasteiger partial charge in [-0.05, 0) is 78.8 Å². The SMILES string of the molecule is Cc1ccc(C)c([C@@H](C)NC(=O)COc2ccc(I)cc2)c1. The van der Waals surface area contributed by atoms with E-state index in [1.807, 2.05) is 31.2 Å². The van der Waals surface area contributed by atoms with E-state index in [0.717, 1.165) is 9.13 Å². The molecule has 2 rings (SSSR count). The summed E-state index contributed by atoms with van der Waals surface area (Å²) in [6, 6.07) is 13.9. The molecule has 0 aliphatic rings. The van der Waals surface area contributed by atoms with Crippen molar-refractivity contribution in [1.82, 2.24) is 5.32 Å². The Morgan fingerprint density at radius 2 is 1.86 bits per heavy atom. The molecule has 22 heavy (non-hydrogen) atoms. The largest absolute Gasteiger partial charge is 0.484 e. The molecule has 2 aromatic carbocycles. The first kappa shape index (κ1) is 16.8. The molecule has 2 aromatic rings. The Bertz CT molecular complexity index is 653. The Morgan fingerprint density at radius 3 is 2.55 bits per heavy atom. The summed E-state index contributed by atoms with van der Waals surface area (Å²) in [5.41, 5.74) is 3.51. The van der Waals surface area contributed by atoms with Gasteiger partial charge in [-0.25, -0.2) is 0 Å². The van der Waals surface area contributed by atoms with Crippen LogP contribution in [0.4, 0.5) is 0 Å². The standard InChI is InChI=1S/C18H20INO2/c1-12-4-5-13(2)17(10-12)14(3)20-18(21)11-22-16-8-6-15(19)7-9-16/h4-10,14H,11H2,1-3H3,(H,20,21)/t14-/m1/s1. The van der Waals surface area contributed by atoms with Crippen LogP contribution in [0, 0.1) is 17.4 Å². The second-order valence-electron chi connectivity index (χ2n) is 5.39. The van der Waals surface area contributed by atoms with Crippen molar-refractivity contribution in [2.45, 2.75) is 26.8 Å². The molecular formula is C18H20INO2. The third-order valence-corrected chi connectivity index (χ3v) is 4.18. The molecule has 0 heterocycles. The van der Waals surface area contributed by atoms with Crippen LogP contribution in [0.15, 0.2) is 42.5 Å². The molecule has 0 saturated carbocycles. The average Bonchev–Trinajstić information content (AvgIpc) is 2.49. The zero-order valence-corrected chi connectivity index (χ0v) is 15.2. The van der Waals surface area contributed by atoms with E-state index in [-0.39, 0.29) is 18.6 Å². The molecule has 1 N–H and O–H groups in total. The van der Waals surface area contributed by atoms with E-state index in [1.165, 1.54) is 11.1 Å². The fourth-order valence-corrected chi connectivity index (χ4v) is 2.63. The van der Waals surface area contributed by atoms with Gasteiger partial charge in [0.1, 0.15) is 5.75 Å². The first-order valence-corrected chi connectivity index (χ1v) is 8.28. The highest BCUT2D eigenvalue weighted by molar-refractivity contribution is 14.1. The van der Waals surface area contributed by atoms with Crippen LogP contribution in [0.25, 0.3) is 0 Å². The Labute approximate surface area is 145 Å². The van der Waals surface area contributed by atoms with Gasteiger partial charge in [-0.1, -0.05) is 23.8 Å². The number of halogens is 1. The predicted octanol–water partition coefficient (Wildman–Crippen LogP) is 4.16. The number of carbonyl (C=O) groups excluding carboxylic acids is 1. The van der Waals surface area contributed by atoms with Crippen LogP contribution in [-0.2, 0) is 4.79 Å². The van der Waals surface area contributed by atoms with Crippen molar-refractivity contribution in [2.75, 3.05) is 6.61 Å². The average molecular weight is 409 g/mol. The number of amides is 1. The molecule has 0 bridgehead atoms. The van der Waals surface area contributed by atoms with E-state index in [4.69, 9.17) is 4.74 Å². The van der Waals surface area contributed by atoms with Crippen molar-refractivity contribution in [3.05, 3.63) is 62.7 Å². The van der Waals surface area contributed by atoms with Gasteiger partial charge in [0.25, 0.3) is 5.91 Å². The highest BCUT2D eigenvalue weighted by atomic mass is 127. The number of benzene rings is 2. The zero-order chi connectivity index (χ0) is 16.1. The van der Waals surface area contributed by atoms with Crippen LogP contribution in [0.1, 0.15) is 29.7 Å². The summed E-state index contributed by atoms with van der Waals surface area (Å²) < 4.78 is 6.64. The quantitative estimate of drug-likeness (QED) is 0.754. The van der Waals surface area contributed by atoms with E-state index >= 15 is 0 Å². The second-order valence-corrected chi connectivity index (χ2v) is 6.64. The van der Waals surface area contributed by atoms with Crippen LogP contribution in [-0.4, -0.2) is 12.5 Å². The van der Waals surface area contributed by atoms with Gasteiger partial charge in [0.2, 0.25) is 0 Å². The van der Waals surface area contributed by atoms with Crippen molar-refractivity contribution in [2.24, 2.45) is 0 Å². The zero-order valence-electron chi connectivity index (χ0n) is 13.0. The number of hydrogen-bond acceptors (Lipinski definition) is 2. The molecule has 0 fully saturated rings. The lowest BCUT2D eigenvalue weighted by Crippen LogP contribution is -2.31. The normalized spacial score (nSPS) is 11.8. The van der Waals surface area contributed by atoms with E-state index in [9.17, 15) is 4.79 Å². The van der Waals surface area contributed by atoms with Crippen molar-refractivity contribution < 1.29 is 9.53 Å². The maximum atomic E-state index is 12.0. The maximum Gasteiger partial charge on any atom is 0.258 e. The molecule has 1 atom stereocenters. The van der Waals surface area contributed by atoms with Gasteiger partial charge in [0.05, 0.1) is 6.04 Å². The van der Waals surface area contributed by atoms with E-state index in [1.54, 1.807) is 0 Å². The summed E-state index contributed by atoms with van der Waals surface area (Å²) in [5, 5.41) is 2.98. The molecule has 0 saturated heterocycles. The Kier molecular flexibility index (Phi) is 5.83. The monoisotopic (exact) mass is 409 g/mol. The smallest absolute Gasteiger partial charge is 0.258 e. The van der Waals surface area contributed by atoms with Gasteiger partial charge in [0, 0.05) is 3.57 Å². The van der Waals surface area contributed by atoms with Crippen LogP contribution >= 0.6 is 22.6 Å². The van der Waals surface area contributed by atoms with Gasteiger partial charge in [0.15, 0.2) is 6.61 Å². The lowest BCUT2D eigenvalue weighted by atomic mass is 10.00. The summed E-state index contributed by atoms with van der Waals surface area (Å²) in [6.07, 6.45) is 0. The van der Waals surface area contributed by atoms with Gasteiger partial charge in [-0.15, -0.1) is 0 Å². The summed E-state index contributed by atoms with van der Waals surface area (Å²) >= 11 is 2.23. The molecular weight excluding hydrogens is 389 g/mol. The van der Waals surface area contributed by atoms with E-state index in [2.05, 4.69) is 60.0 Å². The summed E-state index contributed by atoms with van der Waals surface area (Å²) in [7, 11) is 0. The van der Waals surface area contributed by atoms with Gasteiger partial charge < -0.3 is 10.1 Å². The topological polar surface area (TPSA) is 38.3 Å². The van der Waals surface area contributed by atoms with Gasteiger partial charge in [-0.3, -0.25) is 4.79 Å².